The molecule has 0 bridgehead atoms. The van der Waals surface area contributed by atoms with Crippen LogP contribution in [-0.2, 0) is 35.0 Å². The van der Waals surface area contributed by atoms with Crippen LogP contribution in [0.15, 0.2) is 47.5 Å². The average Bonchev–Trinajstić information content (AvgIpc) is 2.99. The van der Waals surface area contributed by atoms with Crippen LogP contribution >= 0.6 is 0 Å². The first-order chi connectivity index (χ1) is 11.9. The molecule has 3 N–H and O–H groups in total. The van der Waals surface area contributed by atoms with Crippen LogP contribution in [0.1, 0.15) is 28.7 Å². The SMILES string of the molecule is CS(=O)(=O)Cc1cccc(CN=C(N)Nc2ccc3c(c2)CCC3)c1. The number of sulfone groups is 1. The lowest BCUT2D eigenvalue weighted by molar-refractivity contribution is 0.601. The lowest BCUT2D eigenvalue weighted by Crippen LogP contribution is -2.22. The van der Waals surface area contributed by atoms with Crippen molar-refractivity contribution in [2.75, 3.05) is 11.6 Å². The minimum Gasteiger partial charge on any atom is -0.370 e. The van der Waals surface area contributed by atoms with Crippen molar-refractivity contribution in [2.45, 2.75) is 31.6 Å². The topological polar surface area (TPSA) is 84.5 Å². The van der Waals surface area contributed by atoms with Crippen molar-refractivity contribution < 1.29 is 8.42 Å². The van der Waals surface area contributed by atoms with Gasteiger partial charge in [0, 0.05) is 11.9 Å². The van der Waals surface area contributed by atoms with E-state index >= 15 is 0 Å². The van der Waals surface area contributed by atoms with Crippen molar-refractivity contribution in [2.24, 2.45) is 10.7 Å². The Morgan fingerprint density at radius 1 is 1.12 bits per heavy atom. The van der Waals surface area contributed by atoms with Crippen LogP contribution in [0.2, 0.25) is 0 Å². The molecule has 5 nitrogen and oxygen atoms in total. The van der Waals surface area contributed by atoms with E-state index in [0.29, 0.717) is 12.5 Å². The molecule has 6 heteroatoms. The smallest absolute Gasteiger partial charge is 0.193 e. The van der Waals surface area contributed by atoms with Gasteiger partial charge < -0.3 is 11.1 Å². The molecule has 0 atom stereocenters. The van der Waals surface area contributed by atoms with Crippen molar-refractivity contribution >= 4 is 21.5 Å². The first kappa shape index (κ1) is 17.5. The van der Waals surface area contributed by atoms with Gasteiger partial charge in [0.05, 0.1) is 12.3 Å². The average molecular weight is 357 g/mol. The number of anilines is 1. The Hall–Kier alpha value is -2.34. The summed E-state index contributed by atoms with van der Waals surface area (Å²) in [5, 5.41) is 3.13. The molecule has 0 fully saturated rings. The predicted molar refractivity (Wildman–Crippen MR) is 102 cm³/mol. The predicted octanol–water partition coefficient (Wildman–Crippen LogP) is 2.65. The second-order valence-corrected chi connectivity index (χ2v) is 8.69. The molecule has 132 valence electrons. The Bertz CT molecular complexity index is 905. The van der Waals surface area contributed by atoms with E-state index in [0.717, 1.165) is 29.7 Å². The lowest BCUT2D eigenvalue weighted by atomic mass is 10.1. The number of rotatable bonds is 5. The molecule has 2 aromatic carbocycles. The number of nitrogens with one attached hydrogen (secondary N) is 1. The van der Waals surface area contributed by atoms with Crippen LogP contribution < -0.4 is 11.1 Å². The van der Waals surface area contributed by atoms with Gasteiger partial charge in [-0.2, -0.15) is 0 Å². The molecule has 0 amide bonds. The second-order valence-electron chi connectivity index (χ2n) is 6.55. The van der Waals surface area contributed by atoms with E-state index in [-0.39, 0.29) is 5.75 Å². The molecule has 0 saturated carbocycles. The summed E-state index contributed by atoms with van der Waals surface area (Å²) in [6, 6.07) is 13.7. The van der Waals surface area contributed by atoms with Crippen LogP contribution in [0.25, 0.3) is 0 Å². The first-order valence-electron chi connectivity index (χ1n) is 8.33. The van der Waals surface area contributed by atoms with Crippen molar-refractivity contribution in [3.8, 4) is 0 Å². The molecular formula is C19H23N3O2S. The van der Waals surface area contributed by atoms with E-state index in [1.165, 1.54) is 23.8 Å². The van der Waals surface area contributed by atoms with E-state index in [9.17, 15) is 8.42 Å². The molecule has 1 aliphatic carbocycles. The van der Waals surface area contributed by atoms with Crippen LogP contribution in [0.3, 0.4) is 0 Å². The molecule has 0 saturated heterocycles. The third-order valence-electron chi connectivity index (χ3n) is 4.22. The van der Waals surface area contributed by atoms with Gasteiger partial charge in [0.15, 0.2) is 15.8 Å². The third-order valence-corrected chi connectivity index (χ3v) is 5.08. The van der Waals surface area contributed by atoms with Gasteiger partial charge in [-0.05, 0) is 53.6 Å². The zero-order valence-corrected chi connectivity index (χ0v) is 15.1. The maximum Gasteiger partial charge on any atom is 0.193 e. The minimum absolute atomic E-state index is 0.0351. The Morgan fingerprint density at radius 3 is 2.68 bits per heavy atom. The van der Waals surface area contributed by atoms with E-state index < -0.39 is 9.84 Å². The largest absolute Gasteiger partial charge is 0.370 e. The number of nitrogens with two attached hydrogens (primary N) is 1. The molecule has 0 radical (unpaired) electrons. The zero-order valence-electron chi connectivity index (χ0n) is 14.3. The summed E-state index contributed by atoms with van der Waals surface area (Å²) in [5.74, 6) is 0.388. The Labute approximate surface area is 148 Å². The van der Waals surface area contributed by atoms with E-state index in [2.05, 4.69) is 22.4 Å². The number of aryl methyl sites for hydroxylation is 2. The van der Waals surface area contributed by atoms with Gasteiger partial charge in [-0.25, -0.2) is 13.4 Å². The van der Waals surface area contributed by atoms with E-state index in [1.807, 2.05) is 24.3 Å². The fourth-order valence-corrected chi connectivity index (χ4v) is 3.92. The normalized spacial score (nSPS) is 14.4. The summed E-state index contributed by atoms with van der Waals surface area (Å²) < 4.78 is 22.8. The van der Waals surface area contributed by atoms with Crippen LogP contribution in [0.4, 0.5) is 5.69 Å². The van der Waals surface area contributed by atoms with Gasteiger partial charge in [0.2, 0.25) is 0 Å². The number of nitrogens with zero attached hydrogens (tertiary/aromatic N) is 1. The van der Waals surface area contributed by atoms with Crippen LogP contribution in [-0.4, -0.2) is 20.6 Å². The standard InChI is InChI=1S/C19H23N3O2S/c1-25(23,24)13-15-5-2-4-14(10-15)12-21-19(20)22-18-9-8-16-6-3-7-17(16)11-18/h2,4-5,8-11H,3,6-7,12-13H2,1H3,(H3,20,21,22). The molecule has 0 aliphatic heterocycles. The van der Waals surface area contributed by atoms with Gasteiger partial charge >= 0.3 is 0 Å². The van der Waals surface area contributed by atoms with E-state index in [1.54, 1.807) is 6.07 Å². The van der Waals surface area contributed by atoms with Crippen LogP contribution in [0.5, 0.6) is 0 Å². The van der Waals surface area contributed by atoms with Crippen molar-refractivity contribution in [3.05, 3.63) is 64.7 Å². The highest BCUT2D eigenvalue weighted by Gasteiger charge is 2.11. The molecule has 1 aliphatic rings. The summed E-state index contributed by atoms with van der Waals surface area (Å²) in [6.45, 7) is 0.404. The molecule has 3 rings (SSSR count). The summed E-state index contributed by atoms with van der Waals surface area (Å²) in [4.78, 5) is 4.35. The molecule has 0 heterocycles. The number of fused-ring (bicyclic) bond motifs is 1. The summed E-state index contributed by atoms with van der Waals surface area (Å²) >= 11 is 0. The first-order valence-corrected chi connectivity index (χ1v) is 10.4. The molecule has 0 aromatic heterocycles. The molecular weight excluding hydrogens is 334 g/mol. The maximum absolute atomic E-state index is 11.4. The van der Waals surface area contributed by atoms with Crippen LogP contribution in [0, 0.1) is 0 Å². The highest BCUT2D eigenvalue weighted by Crippen LogP contribution is 2.24. The number of hydrogen-bond acceptors (Lipinski definition) is 3. The van der Waals surface area contributed by atoms with Gasteiger partial charge in [-0.15, -0.1) is 0 Å². The third kappa shape index (κ3) is 5.06. The Kier molecular flexibility index (Phi) is 5.08. The quantitative estimate of drug-likeness (QED) is 0.636. The van der Waals surface area contributed by atoms with Gasteiger partial charge in [0.25, 0.3) is 0 Å². The fourth-order valence-electron chi connectivity index (χ4n) is 3.13. The number of guanidine groups is 1. The molecule has 0 unspecified atom stereocenters. The van der Waals surface area contributed by atoms with Gasteiger partial charge in [-0.1, -0.05) is 30.3 Å². The minimum atomic E-state index is -3.04. The summed E-state index contributed by atoms with van der Waals surface area (Å²) in [6.07, 6.45) is 4.72. The monoisotopic (exact) mass is 357 g/mol. The van der Waals surface area contributed by atoms with Crippen molar-refractivity contribution in [1.29, 1.82) is 0 Å². The lowest BCUT2D eigenvalue weighted by Gasteiger charge is -2.08. The number of hydrogen-bond donors (Lipinski definition) is 2. The van der Waals surface area contributed by atoms with Crippen molar-refractivity contribution in [3.63, 3.8) is 0 Å². The Balaban J connectivity index is 1.64. The molecule has 25 heavy (non-hydrogen) atoms. The second kappa shape index (κ2) is 7.27. The zero-order chi connectivity index (χ0) is 17.9. The summed E-state index contributed by atoms with van der Waals surface area (Å²) in [5.41, 5.74) is 11.4. The summed E-state index contributed by atoms with van der Waals surface area (Å²) in [7, 11) is -3.04. The van der Waals surface area contributed by atoms with Gasteiger partial charge in [-0.3, -0.25) is 0 Å². The molecule has 2 aromatic rings. The highest BCUT2D eigenvalue weighted by atomic mass is 32.2. The number of aliphatic imine (C=N–C) groups is 1. The highest BCUT2D eigenvalue weighted by molar-refractivity contribution is 7.89. The fraction of sp³-hybridized carbons (Fsp3) is 0.316. The number of benzene rings is 2. The molecule has 0 spiro atoms. The van der Waals surface area contributed by atoms with Gasteiger partial charge in [0.1, 0.15) is 0 Å². The van der Waals surface area contributed by atoms with Crippen molar-refractivity contribution in [1.82, 2.24) is 0 Å². The maximum atomic E-state index is 11.4. The van der Waals surface area contributed by atoms with E-state index in [4.69, 9.17) is 5.73 Å². The Morgan fingerprint density at radius 2 is 1.88 bits per heavy atom.